The van der Waals surface area contributed by atoms with Crippen LogP contribution in [0.1, 0.15) is 50.6 Å². The Labute approximate surface area is 307 Å². The molecule has 3 heterocycles. The van der Waals surface area contributed by atoms with Crippen LogP contribution in [0.2, 0.25) is 0 Å². The van der Waals surface area contributed by atoms with Gasteiger partial charge in [0.2, 0.25) is 5.89 Å². The lowest BCUT2D eigenvalue weighted by atomic mass is 9.98. The first kappa shape index (κ1) is 35.2. The highest BCUT2D eigenvalue weighted by molar-refractivity contribution is 5.86. The quantitative estimate of drug-likeness (QED) is 0.118. The predicted molar refractivity (Wildman–Crippen MR) is 199 cm³/mol. The molecule has 3 aromatic carbocycles. The molecule has 0 saturated heterocycles. The van der Waals surface area contributed by atoms with E-state index in [1.807, 2.05) is 79.7 Å². The maximum Gasteiger partial charge on any atom is 0.407 e. The molecule has 268 valence electrons. The topological polar surface area (TPSA) is 140 Å². The third-order valence-corrected chi connectivity index (χ3v) is 9.07. The molecule has 53 heavy (non-hydrogen) atoms. The van der Waals surface area contributed by atoms with E-state index in [0.717, 1.165) is 27.8 Å². The number of likely N-dealkylation sites (N-methyl/N-ethyl adjacent to an activating group) is 1. The first-order valence-corrected chi connectivity index (χ1v) is 17.4. The van der Waals surface area contributed by atoms with Gasteiger partial charge in [0.05, 0.1) is 30.6 Å². The van der Waals surface area contributed by atoms with Gasteiger partial charge in [-0.05, 0) is 66.2 Å². The second-order valence-electron chi connectivity index (χ2n) is 13.0. The van der Waals surface area contributed by atoms with Gasteiger partial charge in [-0.15, -0.1) is 0 Å². The Bertz CT molecular complexity index is 2170. The van der Waals surface area contributed by atoms with Crippen LogP contribution in [-0.2, 0) is 22.5 Å². The molecule has 1 aliphatic rings. The SMILES string of the molecule is CN(C)CCc1oc(-c2cccc(C(COCc3ccccc3)NC(=O)OCC3c4ccccc4-c4ccccc43)n2)nc1-c1cccc(C(=O)O)n1. The number of aromatic nitrogens is 3. The summed E-state index contributed by atoms with van der Waals surface area (Å²) >= 11 is 0. The average Bonchev–Trinajstić information content (AvgIpc) is 3.76. The summed E-state index contributed by atoms with van der Waals surface area (Å²) in [6, 6.07) is 35.6. The van der Waals surface area contributed by atoms with E-state index in [-0.39, 0.29) is 30.7 Å². The average molecular weight is 710 g/mol. The van der Waals surface area contributed by atoms with Crippen LogP contribution < -0.4 is 5.32 Å². The fourth-order valence-electron chi connectivity index (χ4n) is 6.46. The summed E-state index contributed by atoms with van der Waals surface area (Å²) < 4.78 is 18.3. The number of nitrogens with zero attached hydrogens (tertiary/aromatic N) is 4. The molecule has 6 aromatic rings. The minimum atomic E-state index is -1.13. The van der Waals surface area contributed by atoms with Gasteiger partial charge in [-0.25, -0.2) is 24.5 Å². The van der Waals surface area contributed by atoms with Crippen molar-refractivity contribution in [3.63, 3.8) is 0 Å². The number of hydrogen-bond donors (Lipinski definition) is 2. The number of oxazole rings is 1. The van der Waals surface area contributed by atoms with Gasteiger partial charge in [0.25, 0.3) is 0 Å². The van der Waals surface area contributed by atoms with E-state index in [2.05, 4.69) is 34.6 Å². The molecule has 1 amide bonds. The Kier molecular flexibility index (Phi) is 10.7. The number of carbonyl (C=O) groups excluding carboxylic acids is 1. The number of alkyl carbamates (subject to hydrolysis) is 1. The van der Waals surface area contributed by atoms with E-state index in [0.29, 0.717) is 48.1 Å². The van der Waals surface area contributed by atoms with Crippen molar-refractivity contribution in [1.29, 1.82) is 0 Å². The van der Waals surface area contributed by atoms with E-state index in [1.54, 1.807) is 24.3 Å². The van der Waals surface area contributed by atoms with Crippen LogP contribution in [-0.4, -0.2) is 70.9 Å². The largest absolute Gasteiger partial charge is 0.477 e. The molecule has 0 saturated carbocycles. The maximum absolute atomic E-state index is 13.5. The fraction of sp³-hybridized carbons (Fsp3) is 0.214. The molecule has 2 N–H and O–H groups in total. The van der Waals surface area contributed by atoms with Crippen LogP contribution in [0.25, 0.3) is 34.1 Å². The van der Waals surface area contributed by atoms with E-state index in [4.69, 9.17) is 23.9 Å². The molecule has 3 aromatic heterocycles. The Morgan fingerprint density at radius 3 is 2.21 bits per heavy atom. The maximum atomic E-state index is 13.5. The second kappa shape index (κ2) is 16.0. The van der Waals surface area contributed by atoms with Crippen molar-refractivity contribution < 1.29 is 28.6 Å². The number of nitrogens with one attached hydrogen (secondary N) is 1. The molecule has 0 spiro atoms. The second-order valence-corrected chi connectivity index (χ2v) is 13.0. The Balaban J connectivity index is 1.14. The van der Waals surface area contributed by atoms with Gasteiger partial charge in [-0.3, -0.25) is 0 Å². The van der Waals surface area contributed by atoms with E-state index >= 15 is 0 Å². The van der Waals surface area contributed by atoms with E-state index < -0.39 is 18.1 Å². The Morgan fingerprint density at radius 2 is 1.49 bits per heavy atom. The number of carboxylic acid groups (broad SMARTS) is 1. The monoisotopic (exact) mass is 709 g/mol. The minimum Gasteiger partial charge on any atom is -0.477 e. The zero-order valence-corrected chi connectivity index (χ0v) is 29.4. The number of amides is 1. The van der Waals surface area contributed by atoms with Crippen molar-refractivity contribution in [2.24, 2.45) is 0 Å². The predicted octanol–water partition coefficient (Wildman–Crippen LogP) is 7.40. The minimum absolute atomic E-state index is 0.0889. The number of carbonyl (C=O) groups is 2. The van der Waals surface area contributed by atoms with Gasteiger partial charge in [0.15, 0.2) is 0 Å². The molecule has 7 rings (SSSR count). The Morgan fingerprint density at radius 1 is 0.811 bits per heavy atom. The van der Waals surface area contributed by atoms with Crippen LogP contribution in [0.4, 0.5) is 4.79 Å². The molecule has 0 bridgehead atoms. The highest BCUT2D eigenvalue weighted by atomic mass is 16.5. The van der Waals surface area contributed by atoms with Gasteiger partial charge < -0.3 is 29.2 Å². The van der Waals surface area contributed by atoms with Gasteiger partial charge in [0.1, 0.15) is 29.4 Å². The molecule has 1 atom stereocenters. The van der Waals surface area contributed by atoms with E-state index in [9.17, 15) is 14.7 Å². The highest BCUT2D eigenvalue weighted by Gasteiger charge is 2.30. The first-order chi connectivity index (χ1) is 25.8. The third kappa shape index (κ3) is 8.17. The van der Waals surface area contributed by atoms with Crippen LogP contribution in [0.15, 0.2) is 120 Å². The number of rotatable bonds is 14. The van der Waals surface area contributed by atoms with Gasteiger partial charge in [-0.2, -0.15) is 0 Å². The zero-order valence-electron chi connectivity index (χ0n) is 29.4. The van der Waals surface area contributed by atoms with Crippen LogP contribution in [0, 0.1) is 0 Å². The van der Waals surface area contributed by atoms with Crippen molar-refractivity contribution in [3.05, 3.63) is 149 Å². The molecule has 1 aliphatic carbocycles. The van der Waals surface area contributed by atoms with Crippen molar-refractivity contribution in [3.8, 4) is 34.1 Å². The molecule has 1 unspecified atom stereocenters. The van der Waals surface area contributed by atoms with Crippen LogP contribution >= 0.6 is 0 Å². The van der Waals surface area contributed by atoms with Crippen molar-refractivity contribution in [1.82, 2.24) is 25.2 Å². The summed E-state index contributed by atoms with van der Waals surface area (Å²) in [5, 5.41) is 12.5. The van der Waals surface area contributed by atoms with E-state index in [1.165, 1.54) is 6.07 Å². The smallest absolute Gasteiger partial charge is 0.407 e. The third-order valence-electron chi connectivity index (χ3n) is 9.07. The highest BCUT2D eigenvalue weighted by Crippen LogP contribution is 2.44. The standard InChI is InChI=1S/C42H39N5O6/c1-47(2)23-22-38-39(34-19-11-21-36(44-34)41(48)49)46-40(53-38)35-20-10-18-33(43-35)37(26-51-24-27-12-4-3-5-13-27)45-42(50)52-25-32-30-16-8-6-14-28(30)29-15-7-9-17-31(29)32/h3-21,32,37H,22-26H2,1-2H3,(H,45,50)(H,48,49). The molecule has 0 radical (unpaired) electrons. The molecule has 11 heteroatoms. The lowest BCUT2D eigenvalue weighted by Crippen LogP contribution is -2.33. The summed E-state index contributed by atoms with van der Waals surface area (Å²) in [5.74, 6) is -0.433. The number of ether oxygens (including phenoxy) is 2. The molecular weight excluding hydrogens is 670 g/mol. The van der Waals surface area contributed by atoms with Crippen molar-refractivity contribution >= 4 is 12.1 Å². The van der Waals surface area contributed by atoms with Crippen molar-refractivity contribution in [2.45, 2.75) is 25.0 Å². The summed E-state index contributed by atoms with van der Waals surface area (Å²) in [6.45, 7) is 1.28. The zero-order chi connectivity index (χ0) is 36.7. The Hall–Kier alpha value is -6.17. The molecule has 0 aliphatic heterocycles. The van der Waals surface area contributed by atoms with Gasteiger partial charge in [0, 0.05) is 18.9 Å². The summed E-state index contributed by atoms with van der Waals surface area (Å²) in [7, 11) is 3.91. The first-order valence-electron chi connectivity index (χ1n) is 17.4. The summed E-state index contributed by atoms with van der Waals surface area (Å²) in [6.07, 6.45) is -0.0889. The molecular formula is C42H39N5O6. The number of aromatic carboxylic acids is 1. The number of benzene rings is 3. The summed E-state index contributed by atoms with van der Waals surface area (Å²) in [5.41, 5.74) is 7.21. The van der Waals surface area contributed by atoms with Crippen molar-refractivity contribution in [2.75, 3.05) is 33.9 Å². The molecule has 0 fully saturated rings. The van der Waals surface area contributed by atoms with Gasteiger partial charge in [-0.1, -0.05) is 91.0 Å². The number of fused-ring (bicyclic) bond motifs is 3. The van der Waals surface area contributed by atoms with Crippen LogP contribution in [0.5, 0.6) is 0 Å². The lowest BCUT2D eigenvalue weighted by molar-refractivity contribution is 0.0690. The molecule has 11 nitrogen and oxygen atoms in total. The number of hydrogen-bond acceptors (Lipinski definition) is 9. The fourth-order valence-corrected chi connectivity index (χ4v) is 6.46. The lowest BCUT2D eigenvalue weighted by Gasteiger charge is -2.20. The van der Waals surface area contributed by atoms with Crippen LogP contribution in [0.3, 0.4) is 0 Å². The van der Waals surface area contributed by atoms with Gasteiger partial charge >= 0.3 is 12.1 Å². The summed E-state index contributed by atoms with van der Waals surface area (Å²) in [4.78, 5) is 41.1. The normalized spacial score (nSPS) is 12.7. The number of carboxylic acids is 1. The number of pyridine rings is 2.